The first kappa shape index (κ1) is 11.7. The number of rotatable bonds is 2. The molecule has 0 aliphatic rings. The molecule has 1 rings (SSSR count). The molecule has 1 aromatic heterocycles. The van der Waals surface area contributed by atoms with Gasteiger partial charge < -0.3 is 0 Å². The molecule has 1 heterocycles. The zero-order valence-corrected chi connectivity index (χ0v) is 9.52. The van der Waals surface area contributed by atoms with E-state index in [0.717, 1.165) is 9.35 Å². The molecule has 0 fully saturated rings. The minimum atomic E-state index is -4.73. The van der Waals surface area contributed by atoms with E-state index in [1.54, 1.807) is 13.0 Å². The lowest BCUT2D eigenvalue weighted by atomic mass is 10.2. The summed E-state index contributed by atoms with van der Waals surface area (Å²) in [5, 5.41) is 0. The number of hydrogen-bond acceptors (Lipinski definition) is 2. The number of alkyl halides is 3. The van der Waals surface area contributed by atoms with Crippen LogP contribution < -0.4 is 0 Å². The van der Waals surface area contributed by atoms with E-state index in [1.807, 2.05) is 0 Å². The van der Waals surface area contributed by atoms with Gasteiger partial charge in [0.05, 0.1) is 6.42 Å². The van der Waals surface area contributed by atoms with Crippen LogP contribution in [0.25, 0.3) is 0 Å². The maximum absolute atomic E-state index is 11.9. The van der Waals surface area contributed by atoms with Gasteiger partial charge in [-0.15, -0.1) is 11.3 Å². The van der Waals surface area contributed by atoms with E-state index < -0.39 is 18.4 Å². The molecule has 6 heteroatoms. The number of halogens is 4. The van der Waals surface area contributed by atoms with Crippen LogP contribution in [0.5, 0.6) is 0 Å². The van der Waals surface area contributed by atoms with Crippen molar-refractivity contribution in [1.82, 2.24) is 0 Å². The van der Waals surface area contributed by atoms with Gasteiger partial charge in [-0.1, -0.05) is 0 Å². The number of thiophene rings is 1. The molecule has 0 aliphatic heterocycles. The molecule has 0 aromatic carbocycles. The van der Waals surface area contributed by atoms with Crippen LogP contribution in [0.2, 0.25) is 0 Å². The highest BCUT2D eigenvalue weighted by atomic mass is 79.9. The monoisotopic (exact) mass is 286 g/mol. The van der Waals surface area contributed by atoms with Crippen LogP contribution in [0.4, 0.5) is 13.2 Å². The SMILES string of the molecule is Cc1sc(CC(=O)C(F)(F)F)cc1Br. The molecule has 0 aliphatic carbocycles. The second-order valence-electron chi connectivity index (χ2n) is 2.71. The smallest absolute Gasteiger partial charge is 0.289 e. The maximum atomic E-state index is 11.9. The van der Waals surface area contributed by atoms with Crippen molar-refractivity contribution in [3.63, 3.8) is 0 Å². The minimum absolute atomic E-state index is 0.428. The third-order valence-corrected chi connectivity index (χ3v) is 3.70. The molecule has 0 atom stereocenters. The summed E-state index contributed by atoms with van der Waals surface area (Å²) in [5.74, 6) is -1.70. The number of Topliss-reactive ketones (excluding diaryl/α,β-unsaturated/α-hetero) is 1. The van der Waals surface area contributed by atoms with Gasteiger partial charge in [-0.3, -0.25) is 4.79 Å². The fraction of sp³-hybridized carbons (Fsp3) is 0.375. The van der Waals surface area contributed by atoms with E-state index in [4.69, 9.17) is 0 Å². The number of carbonyl (C=O) groups excluding carboxylic acids is 1. The summed E-state index contributed by atoms with van der Waals surface area (Å²) in [7, 11) is 0. The first-order chi connectivity index (χ1) is 6.30. The highest BCUT2D eigenvalue weighted by Gasteiger charge is 2.38. The average Bonchev–Trinajstić information content (AvgIpc) is 2.29. The van der Waals surface area contributed by atoms with Gasteiger partial charge >= 0.3 is 6.18 Å². The van der Waals surface area contributed by atoms with Gasteiger partial charge in [-0.2, -0.15) is 13.2 Å². The number of ketones is 1. The lowest BCUT2D eigenvalue weighted by molar-refractivity contribution is -0.170. The molecule has 0 saturated carbocycles. The van der Waals surface area contributed by atoms with Crippen LogP contribution in [-0.2, 0) is 11.2 Å². The van der Waals surface area contributed by atoms with E-state index in [1.165, 1.54) is 11.3 Å². The molecule has 0 saturated heterocycles. The quantitative estimate of drug-likeness (QED) is 0.813. The number of aryl methyl sites for hydroxylation is 1. The Labute approximate surface area is 91.1 Å². The molecule has 0 bridgehead atoms. The Morgan fingerprint density at radius 1 is 1.57 bits per heavy atom. The van der Waals surface area contributed by atoms with Crippen molar-refractivity contribution in [1.29, 1.82) is 0 Å². The van der Waals surface area contributed by atoms with Crippen molar-refractivity contribution in [3.8, 4) is 0 Å². The van der Waals surface area contributed by atoms with E-state index in [-0.39, 0.29) is 0 Å². The van der Waals surface area contributed by atoms with Crippen LogP contribution in [0.3, 0.4) is 0 Å². The fourth-order valence-electron chi connectivity index (χ4n) is 0.863. The van der Waals surface area contributed by atoms with E-state index >= 15 is 0 Å². The van der Waals surface area contributed by atoms with Crippen molar-refractivity contribution < 1.29 is 18.0 Å². The summed E-state index contributed by atoms with van der Waals surface area (Å²) in [6.45, 7) is 1.77. The van der Waals surface area contributed by atoms with Gasteiger partial charge in [0.25, 0.3) is 0 Å². The minimum Gasteiger partial charge on any atom is -0.289 e. The molecule has 1 nitrogen and oxygen atoms in total. The zero-order valence-electron chi connectivity index (χ0n) is 7.11. The Kier molecular flexibility index (Phi) is 3.36. The van der Waals surface area contributed by atoms with Crippen LogP contribution >= 0.6 is 27.3 Å². The highest BCUT2D eigenvalue weighted by Crippen LogP contribution is 2.28. The Morgan fingerprint density at radius 2 is 2.14 bits per heavy atom. The third-order valence-electron chi connectivity index (χ3n) is 1.56. The highest BCUT2D eigenvalue weighted by molar-refractivity contribution is 9.10. The molecule has 0 N–H and O–H groups in total. The van der Waals surface area contributed by atoms with Crippen molar-refractivity contribution in [2.75, 3.05) is 0 Å². The van der Waals surface area contributed by atoms with Crippen molar-refractivity contribution in [3.05, 3.63) is 20.3 Å². The normalized spacial score (nSPS) is 11.8. The molecule has 78 valence electrons. The van der Waals surface area contributed by atoms with Crippen LogP contribution in [0.15, 0.2) is 10.5 Å². The Balaban J connectivity index is 2.75. The predicted molar refractivity (Wildman–Crippen MR) is 51.5 cm³/mol. The number of hydrogen-bond donors (Lipinski definition) is 0. The first-order valence-corrected chi connectivity index (χ1v) is 5.26. The third kappa shape index (κ3) is 2.81. The van der Waals surface area contributed by atoms with Gasteiger partial charge in [-0.25, -0.2) is 0 Å². The summed E-state index contributed by atoms with van der Waals surface area (Å²) >= 11 is 4.37. The van der Waals surface area contributed by atoms with Crippen LogP contribution in [0, 0.1) is 6.92 Å². The second kappa shape index (κ2) is 4.02. The summed E-state index contributed by atoms with van der Waals surface area (Å²) in [4.78, 5) is 11.9. The Morgan fingerprint density at radius 3 is 2.50 bits per heavy atom. The van der Waals surface area contributed by atoms with Gasteiger partial charge in [-0.05, 0) is 28.9 Å². The average molecular weight is 287 g/mol. The van der Waals surface area contributed by atoms with E-state index in [0.29, 0.717) is 4.88 Å². The molecular weight excluding hydrogens is 281 g/mol. The summed E-state index contributed by atoms with van der Waals surface area (Å²) in [5.41, 5.74) is 0. The lowest BCUT2D eigenvalue weighted by Gasteiger charge is -2.02. The molecule has 1 aromatic rings. The van der Waals surface area contributed by atoms with E-state index in [2.05, 4.69) is 15.9 Å². The first-order valence-electron chi connectivity index (χ1n) is 3.65. The maximum Gasteiger partial charge on any atom is 0.450 e. The van der Waals surface area contributed by atoms with Gasteiger partial charge in [0, 0.05) is 14.2 Å². The van der Waals surface area contributed by atoms with Crippen molar-refractivity contribution in [2.24, 2.45) is 0 Å². The molecule has 0 spiro atoms. The topological polar surface area (TPSA) is 17.1 Å². The zero-order chi connectivity index (χ0) is 10.9. The molecule has 0 amide bonds. The van der Waals surface area contributed by atoms with Crippen LogP contribution in [-0.4, -0.2) is 12.0 Å². The standard InChI is InChI=1S/C8H6BrF3OS/c1-4-6(9)2-5(14-4)3-7(13)8(10,11)12/h2H,3H2,1H3. The van der Waals surface area contributed by atoms with Gasteiger partial charge in [0.1, 0.15) is 0 Å². The fourth-order valence-corrected chi connectivity index (χ4v) is 2.46. The number of carbonyl (C=O) groups is 1. The van der Waals surface area contributed by atoms with Gasteiger partial charge in [0.15, 0.2) is 0 Å². The van der Waals surface area contributed by atoms with Crippen molar-refractivity contribution in [2.45, 2.75) is 19.5 Å². The molecule has 0 radical (unpaired) electrons. The Bertz CT molecular complexity index is 336. The van der Waals surface area contributed by atoms with Crippen molar-refractivity contribution >= 4 is 33.0 Å². The second-order valence-corrected chi connectivity index (χ2v) is 4.91. The Hall–Kier alpha value is -0.360. The molecule has 0 unspecified atom stereocenters. The molecule has 14 heavy (non-hydrogen) atoms. The largest absolute Gasteiger partial charge is 0.450 e. The summed E-state index contributed by atoms with van der Waals surface area (Å²) in [6.07, 6.45) is -5.30. The van der Waals surface area contributed by atoms with E-state index in [9.17, 15) is 18.0 Å². The predicted octanol–water partition coefficient (Wildman–Crippen LogP) is 3.49. The molecular formula is C8H6BrF3OS. The van der Waals surface area contributed by atoms with Gasteiger partial charge in [0.2, 0.25) is 5.78 Å². The lowest BCUT2D eigenvalue weighted by Crippen LogP contribution is -2.24. The summed E-state index contributed by atoms with van der Waals surface area (Å²) < 4.78 is 36.4. The van der Waals surface area contributed by atoms with Crippen LogP contribution in [0.1, 0.15) is 9.75 Å². The summed E-state index contributed by atoms with van der Waals surface area (Å²) in [6, 6.07) is 1.55.